The van der Waals surface area contributed by atoms with Gasteiger partial charge in [0, 0.05) is 5.56 Å². The van der Waals surface area contributed by atoms with Gasteiger partial charge in [0.25, 0.3) is 11.7 Å². The number of hydrogen-bond donors (Lipinski definition) is 1. The van der Waals surface area contributed by atoms with E-state index >= 15 is 0 Å². The number of fused-ring (bicyclic) bond motifs is 1. The number of ketones is 1. The highest BCUT2D eigenvalue weighted by Crippen LogP contribution is 2.41. The Morgan fingerprint density at radius 1 is 1.03 bits per heavy atom. The van der Waals surface area contributed by atoms with Gasteiger partial charge in [-0.05, 0) is 48.0 Å². The van der Waals surface area contributed by atoms with Gasteiger partial charge in [0.2, 0.25) is 0 Å². The van der Waals surface area contributed by atoms with Crippen molar-refractivity contribution in [3.8, 4) is 11.5 Å². The van der Waals surface area contributed by atoms with Crippen molar-refractivity contribution in [2.45, 2.75) is 12.6 Å². The molecule has 1 aromatic heterocycles. The van der Waals surface area contributed by atoms with Crippen LogP contribution in [-0.4, -0.2) is 48.0 Å². The summed E-state index contributed by atoms with van der Waals surface area (Å²) in [5, 5.41) is 11.3. The van der Waals surface area contributed by atoms with E-state index in [9.17, 15) is 19.5 Å². The van der Waals surface area contributed by atoms with Crippen LogP contribution < -0.4 is 9.47 Å². The number of rotatable bonds is 5. The molecule has 0 unspecified atom stereocenters. The van der Waals surface area contributed by atoms with Crippen molar-refractivity contribution in [3.05, 3.63) is 88.9 Å². The van der Waals surface area contributed by atoms with Crippen molar-refractivity contribution in [2.75, 3.05) is 20.3 Å². The molecule has 9 nitrogen and oxygen atoms in total. The summed E-state index contributed by atoms with van der Waals surface area (Å²) in [5.41, 5.74) is 1.07. The van der Waals surface area contributed by atoms with Crippen LogP contribution in [-0.2, 0) is 20.9 Å². The number of amides is 1. The molecule has 3 aromatic rings. The maximum atomic E-state index is 13.2. The van der Waals surface area contributed by atoms with Gasteiger partial charge in [0.15, 0.2) is 11.5 Å². The Balaban J connectivity index is 1.62. The van der Waals surface area contributed by atoms with Gasteiger partial charge in [0.1, 0.15) is 24.7 Å². The molecule has 1 saturated heterocycles. The summed E-state index contributed by atoms with van der Waals surface area (Å²) in [4.78, 5) is 39.5. The van der Waals surface area contributed by atoms with E-state index in [2.05, 4.69) is 0 Å². The molecular formula is C26H21NO8. The number of carbonyl (C=O) groups excluding carboxylic acids is 3. The molecule has 178 valence electrons. The van der Waals surface area contributed by atoms with Crippen molar-refractivity contribution in [2.24, 2.45) is 0 Å². The van der Waals surface area contributed by atoms with E-state index in [1.54, 1.807) is 42.5 Å². The van der Waals surface area contributed by atoms with E-state index < -0.39 is 23.7 Å². The SMILES string of the molecule is COC(=O)c1ccc([C@H]2C(=C(O)c3ccc4c(c3)OCCO4)C(=O)C(=O)N2Cc2ccco2)cc1. The molecular weight excluding hydrogens is 454 g/mol. The van der Waals surface area contributed by atoms with Gasteiger partial charge in [-0.2, -0.15) is 0 Å². The van der Waals surface area contributed by atoms with Crippen molar-refractivity contribution in [1.82, 2.24) is 4.90 Å². The van der Waals surface area contributed by atoms with Gasteiger partial charge < -0.3 is 28.6 Å². The lowest BCUT2D eigenvalue weighted by Crippen LogP contribution is -2.29. The number of Topliss-reactive ketones (excluding diaryl/α,β-unsaturated/α-hetero) is 1. The topological polar surface area (TPSA) is 116 Å². The molecule has 0 saturated carbocycles. The zero-order valence-corrected chi connectivity index (χ0v) is 18.7. The molecule has 0 aliphatic carbocycles. The standard InChI is InChI=1S/C26H21NO8/c1-32-26(31)16-6-4-15(5-7-16)22-21(24(29)25(30)27(22)14-18-3-2-10-33-18)23(28)17-8-9-19-20(13-17)35-12-11-34-19/h2-10,13,22,28H,11-12,14H2,1H3/t22-/m0/s1. The molecule has 9 heteroatoms. The molecule has 0 radical (unpaired) electrons. The van der Waals surface area contributed by atoms with Gasteiger partial charge in [0.05, 0.1) is 37.1 Å². The van der Waals surface area contributed by atoms with Gasteiger partial charge in [-0.15, -0.1) is 0 Å². The molecule has 2 aromatic carbocycles. The summed E-state index contributed by atoms with van der Waals surface area (Å²) in [6, 6.07) is 13.6. The maximum Gasteiger partial charge on any atom is 0.337 e. The predicted octanol–water partition coefficient (Wildman–Crippen LogP) is 3.46. The molecule has 1 amide bonds. The lowest BCUT2D eigenvalue weighted by molar-refractivity contribution is -0.140. The minimum Gasteiger partial charge on any atom is -0.507 e. The summed E-state index contributed by atoms with van der Waals surface area (Å²) in [7, 11) is 1.28. The van der Waals surface area contributed by atoms with Crippen LogP contribution in [0.3, 0.4) is 0 Å². The smallest absolute Gasteiger partial charge is 0.337 e. The molecule has 2 aliphatic rings. The Kier molecular flexibility index (Phi) is 5.74. The molecule has 0 bridgehead atoms. The summed E-state index contributed by atoms with van der Waals surface area (Å²) in [6.45, 7) is 0.786. The number of ether oxygens (including phenoxy) is 3. The number of methoxy groups -OCH3 is 1. The zero-order valence-electron chi connectivity index (χ0n) is 18.7. The molecule has 5 rings (SSSR count). The first-order valence-electron chi connectivity index (χ1n) is 10.9. The normalized spacial score (nSPS) is 18.5. The third kappa shape index (κ3) is 4.01. The number of aliphatic hydroxyl groups excluding tert-OH is 1. The summed E-state index contributed by atoms with van der Waals surface area (Å²) < 4.78 is 21.3. The second-order valence-corrected chi connectivity index (χ2v) is 7.98. The van der Waals surface area contributed by atoms with Crippen LogP contribution in [0, 0.1) is 0 Å². The number of carbonyl (C=O) groups is 3. The minimum absolute atomic E-state index is 0.0128. The Labute approximate surface area is 200 Å². The molecule has 3 heterocycles. The molecule has 1 N–H and O–H groups in total. The first-order chi connectivity index (χ1) is 17.0. The van der Waals surface area contributed by atoms with Crippen molar-refractivity contribution in [3.63, 3.8) is 0 Å². The third-order valence-corrected chi connectivity index (χ3v) is 5.91. The van der Waals surface area contributed by atoms with E-state index in [-0.39, 0.29) is 17.9 Å². The van der Waals surface area contributed by atoms with Gasteiger partial charge >= 0.3 is 5.97 Å². The van der Waals surface area contributed by atoms with Crippen LogP contribution in [0.15, 0.2) is 70.9 Å². The Bertz CT molecular complexity index is 1320. The molecule has 1 atom stereocenters. The highest BCUT2D eigenvalue weighted by Gasteiger charge is 2.46. The average Bonchev–Trinajstić information content (AvgIpc) is 3.50. The fourth-order valence-corrected chi connectivity index (χ4v) is 4.23. The number of hydrogen-bond acceptors (Lipinski definition) is 8. The molecule has 1 fully saturated rings. The monoisotopic (exact) mass is 475 g/mol. The van der Waals surface area contributed by atoms with E-state index in [0.717, 1.165) is 0 Å². The summed E-state index contributed by atoms with van der Waals surface area (Å²) >= 11 is 0. The second kappa shape index (κ2) is 9.02. The summed E-state index contributed by atoms with van der Waals surface area (Å²) in [5.74, 6) is -1.03. The first-order valence-corrected chi connectivity index (χ1v) is 10.9. The van der Waals surface area contributed by atoms with Crippen LogP contribution in [0.25, 0.3) is 5.76 Å². The van der Waals surface area contributed by atoms with Crippen LogP contribution in [0.5, 0.6) is 11.5 Å². The Morgan fingerprint density at radius 3 is 2.43 bits per heavy atom. The Morgan fingerprint density at radius 2 is 1.74 bits per heavy atom. The van der Waals surface area contributed by atoms with Crippen LogP contribution in [0.2, 0.25) is 0 Å². The number of likely N-dealkylation sites (tertiary alicyclic amines) is 1. The first kappa shape index (κ1) is 22.3. The van der Waals surface area contributed by atoms with Gasteiger partial charge in [-0.3, -0.25) is 9.59 Å². The average molecular weight is 475 g/mol. The largest absolute Gasteiger partial charge is 0.507 e. The number of benzene rings is 2. The van der Waals surface area contributed by atoms with Gasteiger partial charge in [-0.25, -0.2) is 4.79 Å². The number of furan rings is 1. The van der Waals surface area contributed by atoms with Gasteiger partial charge in [-0.1, -0.05) is 12.1 Å². The third-order valence-electron chi connectivity index (χ3n) is 5.91. The summed E-state index contributed by atoms with van der Waals surface area (Å²) in [6.07, 6.45) is 1.47. The van der Waals surface area contributed by atoms with Crippen LogP contribution in [0.4, 0.5) is 0 Å². The quantitative estimate of drug-likeness (QED) is 0.258. The minimum atomic E-state index is -0.917. The van der Waals surface area contributed by atoms with Crippen molar-refractivity contribution in [1.29, 1.82) is 0 Å². The number of aliphatic hydroxyl groups is 1. The fourth-order valence-electron chi connectivity index (χ4n) is 4.23. The van der Waals surface area contributed by atoms with Crippen LogP contribution in [0.1, 0.15) is 33.3 Å². The highest BCUT2D eigenvalue weighted by molar-refractivity contribution is 6.46. The predicted molar refractivity (Wildman–Crippen MR) is 122 cm³/mol. The lowest BCUT2D eigenvalue weighted by Gasteiger charge is -2.25. The molecule has 35 heavy (non-hydrogen) atoms. The molecule has 2 aliphatic heterocycles. The lowest BCUT2D eigenvalue weighted by atomic mass is 9.94. The maximum absolute atomic E-state index is 13.2. The number of esters is 1. The van der Waals surface area contributed by atoms with E-state index in [1.807, 2.05) is 0 Å². The van der Waals surface area contributed by atoms with Crippen molar-refractivity contribution < 1.29 is 38.1 Å². The fraction of sp³-hybridized carbons (Fsp3) is 0.192. The second-order valence-electron chi connectivity index (χ2n) is 7.98. The van der Waals surface area contributed by atoms with E-state index in [1.165, 1.54) is 30.4 Å². The zero-order chi connectivity index (χ0) is 24.5. The Hall–Kier alpha value is -4.53. The highest BCUT2D eigenvalue weighted by atomic mass is 16.6. The number of nitrogens with zero attached hydrogens (tertiary/aromatic N) is 1. The van der Waals surface area contributed by atoms with E-state index in [4.69, 9.17) is 18.6 Å². The van der Waals surface area contributed by atoms with Crippen molar-refractivity contribution >= 4 is 23.4 Å². The molecule has 0 spiro atoms. The van der Waals surface area contributed by atoms with E-state index in [0.29, 0.717) is 47.2 Å². The van der Waals surface area contributed by atoms with Crippen LogP contribution >= 0.6 is 0 Å².